The van der Waals surface area contributed by atoms with Gasteiger partial charge in [0, 0.05) is 24.8 Å². The number of esters is 1. The Morgan fingerprint density at radius 1 is 1.09 bits per heavy atom. The standard InChI is InChI=1S/C26H26ClFN2O4/c1-15-22(16(2)29(4)23(15)26(33)34-5)24(31)17(3)30(14-18-10-12-19(28)13-11-18)25(32)20-8-6-7-9-21(20)27/h6-13,17H,14H2,1-5H3/t17-/m0/s1. The summed E-state index contributed by atoms with van der Waals surface area (Å²) in [4.78, 5) is 40.9. The Labute approximate surface area is 202 Å². The van der Waals surface area contributed by atoms with E-state index in [1.807, 2.05) is 0 Å². The SMILES string of the molecule is COC(=O)c1c(C)c(C(=O)[C@H](C)N(Cc2ccc(F)cc2)C(=O)c2ccccc2Cl)c(C)n1C. The quantitative estimate of drug-likeness (QED) is 0.344. The van der Waals surface area contributed by atoms with Crippen molar-refractivity contribution in [3.05, 3.63) is 93.0 Å². The lowest BCUT2D eigenvalue weighted by molar-refractivity contribution is 0.0587. The van der Waals surface area contributed by atoms with Crippen molar-refractivity contribution in [2.45, 2.75) is 33.4 Å². The van der Waals surface area contributed by atoms with Gasteiger partial charge in [0.1, 0.15) is 11.5 Å². The van der Waals surface area contributed by atoms with Crippen LogP contribution >= 0.6 is 11.6 Å². The maximum absolute atomic E-state index is 13.7. The van der Waals surface area contributed by atoms with Gasteiger partial charge in [-0.05, 0) is 56.2 Å². The van der Waals surface area contributed by atoms with E-state index in [0.29, 0.717) is 22.4 Å². The third-order valence-electron chi connectivity index (χ3n) is 6.03. The number of hydrogen-bond acceptors (Lipinski definition) is 4. The first-order valence-electron chi connectivity index (χ1n) is 10.7. The highest BCUT2D eigenvalue weighted by Crippen LogP contribution is 2.27. The summed E-state index contributed by atoms with van der Waals surface area (Å²) in [5.74, 6) is -1.72. The van der Waals surface area contributed by atoms with Crippen LogP contribution < -0.4 is 0 Å². The molecule has 0 fully saturated rings. The number of nitrogens with zero attached hydrogens (tertiary/aromatic N) is 2. The van der Waals surface area contributed by atoms with Gasteiger partial charge in [0.2, 0.25) is 0 Å². The summed E-state index contributed by atoms with van der Waals surface area (Å²) in [5.41, 5.74) is 2.60. The van der Waals surface area contributed by atoms with Gasteiger partial charge < -0.3 is 14.2 Å². The highest BCUT2D eigenvalue weighted by Gasteiger charge is 2.33. The number of methoxy groups -OCH3 is 1. The molecule has 0 spiro atoms. The zero-order chi connectivity index (χ0) is 25.2. The van der Waals surface area contributed by atoms with Crippen molar-refractivity contribution in [1.29, 1.82) is 0 Å². The van der Waals surface area contributed by atoms with E-state index in [1.54, 1.807) is 68.8 Å². The molecule has 2 aromatic carbocycles. The molecule has 1 heterocycles. The van der Waals surface area contributed by atoms with Gasteiger partial charge in [-0.3, -0.25) is 9.59 Å². The molecule has 1 aromatic heterocycles. The Balaban J connectivity index is 2.06. The summed E-state index contributed by atoms with van der Waals surface area (Å²) < 4.78 is 19.9. The van der Waals surface area contributed by atoms with Gasteiger partial charge in [0.15, 0.2) is 5.78 Å². The molecule has 0 aliphatic rings. The van der Waals surface area contributed by atoms with E-state index in [0.717, 1.165) is 0 Å². The summed E-state index contributed by atoms with van der Waals surface area (Å²) in [6.07, 6.45) is 0. The molecule has 1 amide bonds. The van der Waals surface area contributed by atoms with Crippen LogP contribution in [0, 0.1) is 19.7 Å². The third-order valence-corrected chi connectivity index (χ3v) is 6.36. The normalized spacial score (nSPS) is 11.7. The van der Waals surface area contributed by atoms with Crippen molar-refractivity contribution in [3.63, 3.8) is 0 Å². The summed E-state index contributed by atoms with van der Waals surface area (Å²) >= 11 is 6.28. The van der Waals surface area contributed by atoms with E-state index in [9.17, 15) is 18.8 Å². The molecule has 0 saturated heterocycles. The van der Waals surface area contributed by atoms with E-state index in [2.05, 4.69) is 0 Å². The minimum absolute atomic E-state index is 0.0615. The molecule has 0 saturated carbocycles. The van der Waals surface area contributed by atoms with Crippen LogP contribution in [-0.2, 0) is 18.3 Å². The molecule has 1 atom stereocenters. The second-order valence-corrected chi connectivity index (χ2v) is 8.47. The molecule has 0 aliphatic heterocycles. The molecule has 8 heteroatoms. The predicted molar refractivity (Wildman–Crippen MR) is 128 cm³/mol. The van der Waals surface area contributed by atoms with Crippen molar-refractivity contribution < 1.29 is 23.5 Å². The fourth-order valence-corrected chi connectivity index (χ4v) is 4.25. The molecular weight excluding hydrogens is 459 g/mol. The van der Waals surface area contributed by atoms with Crippen LogP contribution in [0.15, 0.2) is 48.5 Å². The largest absolute Gasteiger partial charge is 0.464 e. The fourth-order valence-electron chi connectivity index (χ4n) is 4.04. The molecule has 3 rings (SSSR count). The van der Waals surface area contributed by atoms with Crippen molar-refractivity contribution >= 4 is 29.3 Å². The monoisotopic (exact) mass is 484 g/mol. The van der Waals surface area contributed by atoms with Crippen LogP contribution in [0.3, 0.4) is 0 Å². The third kappa shape index (κ3) is 4.75. The first-order valence-corrected chi connectivity index (χ1v) is 11.0. The number of aromatic nitrogens is 1. The summed E-state index contributed by atoms with van der Waals surface area (Å²) in [5, 5.41) is 0.260. The fraction of sp³-hybridized carbons (Fsp3) is 0.269. The number of rotatable bonds is 7. The van der Waals surface area contributed by atoms with Crippen molar-refractivity contribution in [3.8, 4) is 0 Å². The molecule has 0 radical (unpaired) electrons. The number of carbonyl (C=O) groups excluding carboxylic acids is 3. The van der Waals surface area contributed by atoms with E-state index < -0.39 is 23.7 Å². The smallest absolute Gasteiger partial charge is 0.354 e. The minimum atomic E-state index is -0.904. The lowest BCUT2D eigenvalue weighted by atomic mass is 9.98. The first-order chi connectivity index (χ1) is 16.1. The predicted octanol–water partition coefficient (Wildman–Crippen LogP) is 5.13. The van der Waals surface area contributed by atoms with Crippen molar-refractivity contribution in [1.82, 2.24) is 9.47 Å². The summed E-state index contributed by atoms with van der Waals surface area (Å²) in [6, 6.07) is 11.4. The minimum Gasteiger partial charge on any atom is -0.464 e. The van der Waals surface area contributed by atoms with Crippen LogP contribution in [0.5, 0.6) is 0 Å². The lowest BCUT2D eigenvalue weighted by Gasteiger charge is -2.29. The molecule has 0 bridgehead atoms. The summed E-state index contributed by atoms with van der Waals surface area (Å²) in [7, 11) is 2.96. The second kappa shape index (κ2) is 10.2. The molecular formula is C26H26ClFN2O4. The van der Waals surface area contributed by atoms with Gasteiger partial charge in [0.05, 0.1) is 23.7 Å². The number of amides is 1. The first kappa shape index (κ1) is 25.2. The molecule has 0 unspecified atom stereocenters. The van der Waals surface area contributed by atoms with E-state index in [1.165, 1.54) is 24.1 Å². The topological polar surface area (TPSA) is 68.6 Å². The number of ether oxygens (including phenoxy) is 1. The Morgan fingerprint density at radius 2 is 1.71 bits per heavy atom. The van der Waals surface area contributed by atoms with E-state index in [-0.39, 0.29) is 28.6 Å². The Kier molecular flexibility index (Phi) is 7.57. The highest BCUT2D eigenvalue weighted by molar-refractivity contribution is 6.33. The van der Waals surface area contributed by atoms with Gasteiger partial charge in [-0.2, -0.15) is 0 Å². The van der Waals surface area contributed by atoms with Gasteiger partial charge in [-0.15, -0.1) is 0 Å². The van der Waals surface area contributed by atoms with E-state index >= 15 is 0 Å². The number of hydrogen-bond donors (Lipinski definition) is 0. The number of carbonyl (C=O) groups is 3. The van der Waals surface area contributed by atoms with Crippen LogP contribution in [-0.4, -0.2) is 40.3 Å². The Bertz CT molecular complexity index is 1250. The van der Waals surface area contributed by atoms with Gasteiger partial charge in [-0.1, -0.05) is 35.9 Å². The van der Waals surface area contributed by atoms with Crippen LogP contribution in [0.2, 0.25) is 5.02 Å². The average Bonchev–Trinajstić information content (AvgIpc) is 3.05. The van der Waals surface area contributed by atoms with Gasteiger partial charge in [-0.25, -0.2) is 9.18 Å². The van der Waals surface area contributed by atoms with Crippen LogP contribution in [0.25, 0.3) is 0 Å². The maximum Gasteiger partial charge on any atom is 0.354 e. The molecule has 0 aliphatic carbocycles. The van der Waals surface area contributed by atoms with Crippen molar-refractivity contribution in [2.75, 3.05) is 7.11 Å². The zero-order valence-electron chi connectivity index (χ0n) is 19.7. The van der Waals surface area contributed by atoms with Crippen LogP contribution in [0.1, 0.15) is 54.9 Å². The molecule has 6 nitrogen and oxygen atoms in total. The van der Waals surface area contributed by atoms with Crippen LogP contribution in [0.4, 0.5) is 4.39 Å². The zero-order valence-corrected chi connectivity index (χ0v) is 20.4. The molecule has 34 heavy (non-hydrogen) atoms. The highest BCUT2D eigenvalue weighted by atomic mass is 35.5. The second-order valence-electron chi connectivity index (χ2n) is 8.06. The summed E-state index contributed by atoms with van der Waals surface area (Å²) in [6.45, 7) is 5.11. The molecule has 3 aromatic rings. The number of Topliss-reactive ketones (excluding diaryl/α,β-unsaturated/α-hetero) is 1. The van der Waals surface area contributed by atoms with Gasteiger partial charge in [0.25, 0.3) is 5.91 Å². The average molecular weight is 485 g/mol. The van der Waals surface area contributed by atoms with Gasteiger partial charge >= 0.3 is 5.97 Å². The van der Waals surface area contributed by atoms with E-state index in [4.69, 9.17) is 16.3 Å². The lowest BCUT2D eigenvalue weighted by Crippen LogP contribution is -2.43. The van der Waals surface area contributed by atoms with Crippen molar-refractivity contribution in [2.24, 2.45) is 7.05 Å². The maximum atomic E-state index is 13.7. The molecule has 0 N–H and O–H groups in total. The molecule has 178 valence electrons. The number of halogens is 2. The number of benzene rings is 2. The Morgan fingerprint density at radius 3 is 2.29 bits per heavy atom. The number of ketones is 1. The Hall–Kier alpha value is -3.45.